The van der Waals surface area contributed by atoms with Crippen LogP contribution >= 0.6 is 0 Å². The van der Waals surface area contributed by atoms with Crippen molar-refractivity contribution < 1.29 is 35.9 Å². The molecule has 0 aliphatic carbocycles. The highest BCUT2D eigenvalue weighted by atomic mass is 19.4. The van der Waals surface area contributed by atoms with Crippen molar-refractivity contribution in [2.45, 2.75) is 31.5 Å². The number of likely N-dealkylation sites (tertiary alicyclic amines) is 1. The maximum Gasteiger partial charge on any atom is 0.423 e. The lowest BCUT2D eigenvalue weighted by molar-refractivity contribution is -0.139. The molecular weight excluding hydrogens is 518 g/mol. The number of rotatable bonds is 6. The molecule has 2 atom stereocenters. The van der Waals surface area contributed by atoms with E-state index in [1.165, 1.54) is 29.1 Å². The number of methoxy groups -OCH3 is 1. The average molecular weight is 542 g/mol. The molecule has 0 spiro atoms. The van der Waals surface area contributed by atoms with Gasteiger partial charge < -0.3 is 15.0 Å². The third kappa shape index (κ3) is 5.68. The number of carbonyl (C=O) groups is 1. The van der Waals surface area contributed by atoms with Crippen LogP contribution in [0.4, 0.5) is 32.3 Å². The highest BCUT2D eigenvalue weighted by Crippen LogP contribution is 2.37. The van der Waals surface area contributed by atoms with Crippen LogP contribution in [-0.4, -0.2) is 62.7 Å². The highest BCUT2D eigenvalue weighted by molar-refractivity contribution is 5.99. The van der Waals surface area contributed by atoms with Crippen LogP contribution in [0, 0.1) is 11.7 Å². The van der Waals surface area contributed by atoms with Crippen LogP contribution in [0.5, 0.6) is 5.88 Å². The average Bonchev–Trinajstić information content (AvgIpc) is 3.23. The summed E-state index contributed by atoms with van der Waals surface area (Å²) in [5.74, 6) is -6.18. The molecule has 1 aromatic carbocycles. The summed E-state index contributed by atoms with van der Waals surface area (Å²) >= 11 is 0. The third-order valence-electron chi connectivity index (χ3n) is 6.23. The number of hydrogen-bond donors (Lipinski definition) is 1. The molecule has 0 bridgehead atoms. The van der Waals surface area contributed by atoms with Crippen LogP contribution in [0.25, 0.3) is 11.1 Å². The van der Waals surface area contributed by atoms with E-state index < -0.39 is 60.2 Å². The Kier molecular flexibility index (Phi) is 7.26. The van der Waals surface area contributed by atoms with Crippen LogP contribution in [0.2, 0.25) is 0 Å². The number of hydrogen-bond acceptors (Lipinski definition) is 6. The number of piperidine rings is 1. The van der Waals surface area contributed by atoms with E-state index >= 15 is 0 Å². The summed E-state index contributed by atoms with van der Waals surface area (Å²) in [6, 6.07) is 4.64. The van der Waals surface area contributed by atoms with Gasteiger partial charge in [0.25, 0.3) is 11.8 Å². The molecule has 204 valence electrons. The van der Waals surface area contributed by atoms with E-state index in [2.05, 4.69) is 20.4 Å². The molecule has 8 nitrogen and oxygen atoms in total. The number of benzene rings is 1. The number of amides is 1. The predicted octanol–water partition coefficient (Wildman–Crippen LogP) is 4.64. The number of alkyl halides is 5. The van der Waals surface area contributed by atoms with Gasteiger partial charge in [0, 0.05) is 38.0 Å². The van der Waals surface area contributed by atoms with Gasteiger partial charge in [-0.1, -0.05) is 19.1 Å². The smallest absolute Gasteiger partial charge is 0.423 e. The number of aryl methyl sites for hydroxylation is 1. The van der Waals surface area contributed by atoms with Crippen molar-refractivity contribution in [3.05, 3.63) is 53.7 Å². The SMILES string of the molecule is COc1nc(NCC2[C@H](C)CC(F)(F)CN2C(=O)c2nn(C)cc2-c2cccc(F)c2)ncc1C(F)(F)F. The van der Waals surface area contributed by atoms with Crippen LogP contribution < -0.4 is 10.1 Å². The summed E-state index contributed by atoms with van der Waals surface area (Å²) in [6.45, 7) is 0.498. The van der Waals surface area contributed by atoms with Gasteiger partial charge in [0.2, 0.25) is 11.8 Å². The van der Waals surface area contributed by atoms with E-state index in [9.17, 15) is 31.1 Å². The highest BCUT2D eigenvalue weighted by Gasteiger charge is 2.47. The Hall–Kier alpha value is -3.84. The summed E-state index contributed by atoms with van der Waals surface area (Å²) in [6.07, 6.45) is -3.21. The van der Waals surface area contributed by atoms with Gasteiger partial charge in [0.05, 0.1) is 19.7 Å². The van der Waals surface area contributed by atoms with Gasteiger partial charge in [-0.15, -0.1) is 0 Å². The van der Waals surface area contributed by atoms with Crippen molar-refractivity contribution in [3.8, 4) is 17.0 Å². The maximum atomic E-state index is 14.6. The summed E-state index contributed by atoms with van der Waals surface area (Å²) in [4.78, 5) is 22.0. The minimum Gasteiger partial charge on any atom is -0.480 e. The van der Waals surface area contributed by atoms with E-state index in [4.69, 9.17) is 4.74 Å². The Morgan fingerprint density at radius 3 is 2.68 bits per heavy atom. The minimum atomic E-state index is -4.74. The fraction of sp³-hybridized carbons (Fsp3) is 0.417. The molecule has 1 amide bonds. The molecule has 38 heavy (non-hydrogen) atoms. The molecule has 4 rings (SSSR count). The maximum absolute atomic E-state index is 14.6. The molecule has 0 radical (unpaired) electrons. The Labute approximate surface area is 213 Å². The lowest BCUT2D eigenvalue weighted by atomic mass is 9.88. The predicted molar refractivity (Wildman–Crippen MR) is 124 cm³/mol. The fourth-order valence-corrected chi connectivity index (χ4v) is 4.53. The lowest BCUT2D eigenvalue weighted by Crippen LogP contribution is -2.57. The summed E-state index contributed by atoms with van der Waals surface area (Å²) in [5.41, 5.74) is -0.701. The zero-order valence-electron chi connectivity index (χ0n) is 20.6. The first-order chi connectivity index (χ1) is 17.8. The number of carbonyl (C=O) groups excluding carboxylic acids is 1. The van der Waals surface area contributed by atoms with Gasteiger partial charge in [0.15, 0.2) is 5.69 Å². The van der Waals surface area contributed by atoms with E-state index in [1.54, 1.807) is 20.0 Å². The molecule has 1 fully saturated rings. The summed E-state index contributed by atoms with van der Waals surface area (Å²) in [7, 11) is 2.57. The van der Waals surface area contributed by atoms with Crippen LogP contribution in [0.3, 0.4) is 0 Å². The standard InChI is InChI=1S/C24H24F6N6O2/c1-13-8-23(26,27)12-36(18(13)10-32-22-31-9-17(24(28,29)30)20(33-22)38-3)21(37)19-16(11-35(2)34-19)14-5-4-6-15(25)7-14/h4-7,9,11,13,18H,8,10,12H2,1-3H3,(H,31,32,33)/t13-,18?/m1/s1. The first-order valence-electron chi connectivity index (χ1n) is 11.5. The Morgan fingerprint density at radius 2 is 2.03 bits per heavy atom. The Balaban J connectivity index is 1.63. The van der Waals surface area contributed by atoms with Crippen LogP contribution in [0.1, 0.15) is 29.4 Å². The quantitative estimate of drug-likeness (QED) is 0.457. The number of nitrogens with zero attached hydrogens (tertiary/aromatic N) is 5. The van der Waals surface area contributed by atoms with Gasteiger partial charge in [-0.3, -0.25) is 9.48 Å². The van der Waals surface area contributed by atoms with Crippen molar-refractivity contribution in [1.29, 1.82) is 0 Å². The van der Waals surface area contributed by atoms with Crippen molar-refractivity contribution in [3.63, 3.8) is 0 Å². The first-order valence-corrected chi connectivity index (χ1v) is 11.5. The first kappa shape index (κ1) is 27.2. The molecule has 14 heteroatoms. The molecule has 1 aliphatic rings. The molecule has 3 heterocycles. The number of ether oxygens (including phenoxy) is 1. The third-order valence-corrected chi connectivity index (χ3v) is 6.23. The van der Waals surface area contributed by atoms with Gasteiger partial charge in [-0.25, -0.2) is 18.2 Å². The number of nitrogens with one attached hydrogen (secondary N) is 1. The summed E-state index contributed by atoms with van der Waals surface area (Å²) in [5, 5.41) is 6.90. The van der Waals surface area contributed by atoms with Gasteiger partial charge in [-0.2, -0.15) is 23.3 Å². The zero-order chi connectivity index (χ0) is 27.8. The van der Waals surface area contributed by atoms with E-state index in [1.807, 2.05) is 0 Å². The Bertz CT molecular complexity index is 1330. The monoisotopic (exact) mass is 542 g/mol. The van der Waals surface area contributed by atoms with E-state index in [0.717, 1.165) is 12.0 Å². The molecule has 2 aromatic heterocycles. The zero-order valence-corrected chi connectivity index (χ0v) is 20.6. The van der Waals surface area contributed by atoms with Crippen molar-refractivity contribution >= 4 is 11.9 Å². The fourth-order valence-electron chi connectivity index (χ4n) is 4.53. The van der Waals surface area contributed by atoms with Crippen LogP contribution in [-0.2, 0) is 13.2 Å². The molecule has 0 saturated carbocycles. The molecule has 1 N–H and O–H groups in total. The second kappa shape index (κ2) is 10.1. The summed E-state index contributed by atoms with van der Waals surface area (Å²) < 4.78 is 88.5. The topological polar surface area (TPSA) is 85.2 Å². The van der Waals surface area contributed by atoms with Gasteiger partial charge in [0.1, 0.15) is 11.4 Å². The van der Waals surface area contributed by atoms with Gasteiger partial charge in [-0.05, 0) is 23.6 Å². The minimum absolute atomic E-state index is 0.138. The van der Waals surface area contributed by atoms with Crippen molar-refractivity contribution in [2.24, 2.45) is 13.0 Å². The van der Waals surface area contributed by atoms with Crippen LogP contribution in [0.15, 0.2) is 36.7 Å². The van der Waals surface area contributed by atoms with E-state index in [0.29, 0.717) is 11.8 Å². The molecule has 1 unspecified atom stereocenters. The lowest BCUT2D eigenvalue weighted by Gasteiger charge is -2.43. The molecule has 1 aliphatic heterocycles. The van der Waals surface area contributed by atoms with E-state index in [-0.39, 0.29) is 23.8 Å². The molecular formula is C24H24F6N6O2. The second-order valence-electron chi connectivity index (χ2n) is 9.11. The molecule has 1 saturated heterocycles. The van der Waals surface area contributed by atoms with Gasteiger partial charge >= 0.3 is 6.18 Å². The number of aromatic nitrogens is 4. The van der Waals surface area contributed by atoms with Crippen molar-refractivity contribution in [2.75, 3.05) is 25.5 Å². The molecule has 3 aromatic rings. The normalized spacial score (nSPS) is 19.3. The second-order valence-corrected chi connectivity index (χ2v) is 9.11. The Morgan fingerprint density at radius 1 is 1.29 bits per heavy atom. The number of anilines is 1. The van der Waals surface area contributed by atoms with Crippen molar-refractivity contribution in [1.82, 2.24) is 24.6 Å². The number of halogens is 6. The largest absolute Gasteiger partial charge is 0.480 e.